The Morgan fingerprint density at radius 1 is 1.23 bits per heavy atom. The van der Waals surface area contributed by atoms with E-state index in [1.807, 2.05) is 0 Å². The summed E-state index contributed by atoms with van der Waals surface area (Å²) in [5.74, 6) is -1.00. The van der Waals surface area contributed by atoms with Crippen LogP contribution >= 0.6 is 23.2 Å². The number of aryl methyl sites for hydroxylation is 1. The van der Waals surface area contributed by atoms with Crippen molar-refractivity contribution in [3.63, 3.8) is 0 Å². The normalized spacial score (nSPS) is 13.7. The van der Waals surface area contributed by atoms with E-state index >= 15 is 0 Å². The van der Waals surface area contributed by atoms with Gasteiger partial charge in [0.05, 0.1) is 21.3 Å². The van der Waals surface area contributed by atoms with E-state index in [0.717, 1.165) is 6.42 Å². The summed E-state index contributed by atoms with van der Waals surface area (Å²) in [6.45, 7) is 2.15. The summed E-state index contributed by atoms with van der Waals surface area (Å²) in [5.41, 5.74) is 0.959. The van der Waals surface area contributed by atoms with Gasteiger partial charge in [-0.3, -0.25) is 9.59 Å². The molecule has 2 amide bonds. The van der Waals surface area contributed by atoms with E-state index in [4.69, 9.17) is 27.7 Å². The first-order valence-corrected chi connectivity index (χ1v) is 9.94. The fourth-order valence-electron chi connectivity index (χ4n) is 3.42. The van der Waals surface area contributed by atoms with Crippen molar-refractivity contribution in [1.29, 1.82) is 0 Å². The van der Waals surface area contributed by atoms with Crippen LogP contribution in [0, 0.1) is 12.7 Å². The monoisotopic (exact) mass is 447 g/mol. The number of halogens is 3. The van der Waals surface area contributed by atoms with Crippen LogP contribution in [0.15, 0.2) is 40.9 Å². The van der Waals surface area contributed by atoms with Gasteiger partial charge in [-0.1, -0.05) is 34.4 Å². The van der Waals surface area contributed by atoms with Crippen LogP contribution in [0.2, 0.25) is 10.0 Å². The minimum atomic E-state index is -0.627. The molecule has 6 nitrogen and oxygen atoms in total. The average molecular weight is 448 g/mol. The molecule has 2 heterocycles. The van der Waals surface area contributed by atoms with Crippen LogP contribution in [0.5, 0.6) is 0 Å². The highest BCUT2D eigenvalue weighted by atomic mass is 35.5. The molecule has 1 aliphatic rings. The minimum Gasteiger partial charge on any atom is -0.360 e. The Kier molecular flexibility index (Phi) is 5.49. The third-order valence-corrected chi connectivity index (χ3v) is 5.52. The summed E-state index contributed by atoms with van der Waals surface area (Å²) in [5, 5.41) is 6.94. The Balaban J connectivity index is 1.69. The molecule has 4 rings (SSSR count). The highest BCUT2D eigenvalue weighted by Crippen LogP contribution is 2.35. The summed E-state index contributed by atoms with van der Waals surface area (Å²) in [6.07, 6.45) is 1.26. The van der Waals surface area contributed by atoms with Gasteiger partial charge in [0.2, 0.25) is 5.91 Å². The second kappa shape index (κ2) is 8.08. The van der Waals surface area contributed by atoms with Crippen molar-refractivity contribution < 1.29 is 18.5 Å². The van der Waals surface area contributed by atoms with E-state index in [2.05, 4.69) is 10.5 Å². The van der Waals surface area contributed by atoms with Crippen LogP contribution in [-0.2, 0) is 4.79 Å². The molecule has 0 atom stereocenters. The number of rotatable bonds is 4. The van der Waals surface area contributed by atoms with Crippen molar-refractivity contribution in [2.24, 2.45) is 0 Å². The third kappa shape index (κ3) is 3.66. The molecule has 1 aromatic heterocycles. The first-order chi connectivity index (χ1) is 14.4. The zero-order chi connectivity index (χ0) is 21.4. The number of benzene rings is 2. The van der Waals surface area contributed by atoms with E-state index in [-0.39, 0.29) is 33.5 Å². The summed E-state index contributed by atoms with van der Waals surface area (Å²) < 4.78 is 19.5. The van der Waals surface area contributed by atoms with Gasteiger partial charge in [-0.25, -0.2) is 4.39 Å². The lowest BCUT2D eigenvalue weighted by molar-refractivity contribution is -0.117. The molecule has 2 aromatic carbocycles. The zero-order valence-electron chi connectivity index (χ0n) is 15.8. The van der Waals surface area contributed by atoms with E-state index in [0.29, 0.717) is 29.4 Å². The van der Waals surface area contributed by atoms with Crippen LogP contribution in [0.1, 0.15) is 29.0 Å². The number of anilines is 2. The van der Waals surface area contributed by atoms with Crippen molar-refractivity contribution in [3.05, 3.63) is 63.6 Å². The number of aromatic nitrogens is 1. The topological polar surface area (TPSA) is 75.4 Å². The molecule has 0 bridgehead atoms. The van der Waals surface area contributed by atoms with Gasteiger partial charge in [-0.05, 0) is 43.7 Å². The van der Waals surface area contributed by atoms with Gasteiger partial charge < -0.3 is 14.7 Å². The number of amides is 2. The number of nitrogens with zero attached hydrogens (tertiary/aromatic N) is 2. The van der Waals surface area contributed by atoms with E-state index in [1.165, 1.54) is 18.2 Å². The lowest BCUT2D eigenvalue weighted by atomic mass is 10.0. The molecular formula is C21H16Cl2FN3O3. The third-order valence-electron chi connectivity index (χ3n) is 4.87. The minimum absolute atomic E-state index is 0.00454. The Labute approximate surface area is 181 Å². The van der Waals surface area contributed by atoms with Crippen molar-refractivity contribution >= 4 is 46.4 Å². The summed E-state index contributed by atoms with van der Waals surface area (Å²) in [7, 11) is 0. The molecule has 0 saturated carbocycles. The second-order valence-corrected chi connectivity index (χ2v) is 7.64. The standard InChI is InChI=1S/C21H16Cl2FN3O3/c1-11-18(20(26-30-11)19-14(23)4-2-5-15(19)24)21(29)25-16-10-12(7-8-13(16)22)27-9-3-6-17(27)28/h2,4-5,7-8,10H,3,6,9H2,1H3,(H,25,29). The van der Waals surface area contributed by atoms with Gasteiger partial charge in [0.25, 0.3) is 5.91 Å². The van der Waals surface area contributed by atoms with Gasteiger partial charge in [0.1, 0.15) is 22.8 Å². The quantitative estimate of drug-likeness (QED) is 0.574. The van der Waals surface area contributed by atoms with Crippen molar-refractivity contribution in [2.45, 2.75) is 19.8 Å². The summed E-state index contributed by atoms with van der Waals surface area (Å²) in [6, 6.07) is 9.13. The summed E-state index contributed by atoms with van der Waals surface area (Å²) in [4.78, 5) is 26.7. The summed E-state index contributed by atoms with van der Waals surface area (Å²) >= 11 is 12.4. The fourth-order valence-corrected chi connectivity index (χ4v) is 3.83. The molecule has 1 N–H and O–H groups in total. The van der Waals surface area contributed by atoms with Gasteiger partial charge in [0.15, 0.2) is 0 Å². The predicted molar refractivity (Wildman–Crippen MR) is 113 cm³/mol. The molecule has 3 aromatic rings. The number of carbonyl (C=O) groups is 2. The number of nitrogens with one attached hydrogen (secondary N) is 1. The molecule has 1 saturated heterocycles. The largest absolute Gasteiger partial charge is 0.360 e. The van der Waals surface area contributed by atoms with Crippen LogP contribution in [-0.4, -0.2) is 23.5 Å². The van der Waals surface area contributed by atoms with Crippen LogP contribution < -0.4 is 10.2 Å². The van der Waals surface area contributed by atoms with Crippen LogP contribution in [0.25, 0.3) is 11.3 Å². The maximum atomic E-state index is 14.4. The Hall–Kier alpha value is -2.90. The molecule has 0 aliphatic carbocycles. The van der Waals surface area contributed by atoms with Crippen LogP contribution in [0.3, 0.4) is 0 Å². The predicted octanol–water partition coefficient (Wildman–Crippen LogP) is 5.48. The van der Waals surface area contributed by atoms with Gasteiger partial charge in [0, 0.05) is 18.7 Å². The van der Waals surface area contributed by atoms with Gasteiger partial charge in [-0.15, -0.1) is 0 Å². The SMILES string of the molecule is Cc1onc(-c2c(F)cccc2Cl)c1C(=O)Nc1cc(N2CCCC2=O)ccc1Cl. The molecule has 9 heteroatoms. The molecule has 154 valence electrons. The number of hydrogen-bond acceptors (Lipinski definition) is 4. The van der Waals surface area contributed by atoms with Crippen molar-refractivity contribution in [3.8, 4) is 11.3 Å². The maximum absolute atomic E-state index is 14.4. The number of hydrogen-bond donors (Lipinski definition) is 1. The highest BCUT2D eigenvalue weighted by molar-refractivity contribution is 6.34. The maximum Gasteiger partial charge on any atom is 0.261 e. The molecule has 1 aliphatic heterocycles. The zero-order valence-corrected chi connectivity index (χ0v) is 17.4. The first kappa shape index (κ1) is 20.4. The van der Waals surface area contributed by atoms with Gasteiger partial charge >= 0.3 is 0 Å². The highest BCUT2D eigenvalue weighted by Gasteiger charge is 2.27. The average Bonchev–Trinajstić information content (AvgIpc) is 3.29. The first-order valence-electron chi connectivity index (χ1n) is 9.18. The Morgan fingerprint density at radius 2 is 2.03 bits per heavy atom. The number of carbonyl (C=O) groups excluding carboxylic acids is 2. The van der Waals surface area contributed by atoms with E-state index in [1.54, 1.807) is 30.0 Å². The Morgan fingerprint density at radius 3 is 2.73 bits per heavy atom. The van der Waals surface area contributed by atoms with E-state index in [9.17, 15) is 14.0 Å². The lowest BCUT2D eigenvalue weighted by Gasteiger charge is -2.17. The smallest absolute Gasteiger partial charge is 0.261 e. The van der Waals surface area contributed by atoms with Crippen LogP contribution in [0.4, 0.5) is 15.8 Å². The second-order valence-electron chi connectivity index (χ2n) is 6.83. The molecular weight excluding hydrogens is 432 g/mol. The molecule has 30 heavy (non-hydrogen) atoms. The fraction of sp³-hybridized carbons (Fsp3) is 0.190. The van der Waals surface area contributed by atoms with Crippen molar-refractivity contribution in [1.82, 2.24) is 5.16 Å². The molecule has 0 unspecified atom stereocenters. The molecule has 1 fully saturated rings. The van der Waals surface area contributed by atoms with Gasteiger partial charge in [-0.2, -0.15) is 0 Å². The van der Waals surface area contributed by atoms with E-state index < -0.39 is 11.7 Å². The lowest BCUT2D eigenvalue weighted by Crippen LogP contribution is -2.24. The Bertz CT molecular complexity index is 1140. The van der Waals surface area contributed by atoms with Crippen molar-refractivity contribution in [2.75, 3.05) is 16.8 Å². The molecule has 0 radical (unpaired) electrons. The molecule has 0 spiro atoms.